The third kappa shape index (κ3) is 8.35. The van der Waals surface area contributed by atoms with Crippen molar-refractivity contribution >= 4 is 34.6 Å². The molecule has 6 atom stereocenters. The van der Waals surface area contributed by atoms with Crippen molar-refractivity contribution in [1.82, 2.24) is 20.5 Å². The second kappa shape index (κ2) is 15.1. The van der Waals surface area contributed by atoms with Crippen LogP contribution in [0.3, 0.4) is 0 Å². The smallest absolute Gasteiger partial charge is 0.308 e. The number of H-pyrrole nitrogens is 1. The number of aromatic amines is 1. The van der Waals surface area contributed by atoms with Crippen LogP contribution in [0.1, 0.15) is 71.0 Å². The van der Waals surface area contributed by atoms with Gasteiger partial charge < -0.3 is 30.4 Å². The topological polar surface area (TPSA) is 141 Å². The molecule has 10 heteroatoms. The predicted octanol–water partition coefficient (Wildman–Crippen LogP) is 4.94. The van der Waals surface area contributed by atoms with Gasteiger partial charge in [-0.25, -0.2) is 0 Å². The number of rotatable bonds is 4. The van der Waals surface area contributed by atoms with E-state index in [-0.39, 0.29) is 30.4 Å². The van der Waals surface area contributed by atoms with Crippen LogP contribution in [0.25, 0.3) is 10.9 Å². The number of allylic oxidation sites excluding steroid dienone is 1. The van der Waals surface area contributed by atoms with Crippen molar-refractivity contribution in [3.05, 3.63) is 77.5 Å². The van der Waals surface area contributed by atoms with Crippen LogP contribution in [0.15, 0.2) is 66.4 Å². The van der Waals surface area contributed by atoms with E-state index in [0.717, 1.165) is 22.0 Å². The van der Waals surface area contributed by atoms with Crippen molar-refractivity contribution in [2.45, 2.75) is 84.5 Å². The highest BCUT2D eigenvalue weighted by Gasteiger charge is 2.34. The molecular formula is C36H46N4O6. The Morgan fingerprint density at radius 3 is 2.33 bits per heavy atom. The second-order valence-electron chi connectivity index (χ2n) is 12.5. The zero-order chi connectivity index (χ0) is 33.5. The third-order valence-corrected chi connectivity index (χ3v) is 8.81. The Morgan fingerprint density at radius 2 is 1.63 bits per heavy atom. The van der Waals surface area contributed by atoms with Crippen LogP contribution >= 0.6 is 0 Å². The van der Waals surface area contributed by atoms with Crippen molar-refractivity contribution in [2.24, 2.45) is 11.8 Å². The van der Waals surface area contributed by atoms with Crippen LogP contribution in [0, 0.1) is 11.8 Å². The molecule has 3 amide bonds. The summed E-state index contributed by atoms with van der Waals surface area (Å²) in [6.45, 7) is 9.29. The standard InChI is InChI=1S/C36H46N4O6/c1-7-32-22(3)16-21(2)17-23(4)34(43)38-24(5)36(45)40(6)31(18-26-20-37-29-11-9-8-10-28(26)29)35(44)39-30(19-33(42)46-32)25-12-14-27(41)15-13-25/h8-16,20,22-24,30-32,37,41H,7,17-19H2,1-6H3,(H,38,43)(H,39,44)/b21-16-/t22-,23-,24-,30?,31+,32+/m0/s1. The van der Waals surface area contributed by atoms with Gasteiger partial charge in [0.25, 0.3) is 0 Å². The average Bonchev–Trinajstić information content (AvgIpc) is 3.43. The summed E-state index contributed by atoms with van der Waals surface area (Å²) in [6, 6.07) is 11.3. The Balaban J connectivity index is 1.74. The summed E-state index contributed by atoms with van der Waals surface area (Å²) in [7, 11) is 1.55. The minimum atomic E-state index is -0.980. The fourth-order valence-electron chi connectivity index (χ4n) is 6.16. The molecule has 0 aliphatic carbocycles. The van der Waals surface area contributed by atoms with Crippen LogP contribution in [0.4, 0.5) is 0 Å². The van der Waals surface area contributed by atoms with Crippen LogP contribution < -0.4 is 10.6 Å². The Morgan fingerprint density at radius 1 is 0.935 bits per heavy atom. The van der Waals surface area contributed by atoms with Crippen molar-refractivity contribution in [2.75, 3.05) is 7.05 Å². The number of carbonyl (C=O) groups is 4. The lowest BCUT2D eigenvalue weighted by Crippen LogP contribution is -2.55. The fraction of sp³-hybridized carbons (Fsp3) is 0.444. The normalized spacial score (nSPS) is 27.2. The molecule has 10 nitrogen and oxygen atoms in total. The SMILES string of the molecule is CC[C@H]1OC(=O)CC(c2ccc(O)cc2)NC(=O)[C@@H](Cc2c[nH]c3ccccc23)N(C)C(=O)[C@H](C)NC(=O)[C@@H](C)C/C(C)=C\[C@@H]1C. The minimum Gasteiger partial charge on any atom is -0.508 e. The van der Waals surface area contributed by atoms with E-state index in [4.69, 9.17) is 4.74 Å². The molecular weight excluding hydrogens is 584 g/mol. The number of hydrogen-bond donors (Lipinski definition) is 4. The van der Waals surface area contributed by atoms with Gasteiger partial charge in [0, 0.05) is 42.4 Å². The van der Waals surface area contributed by atoms with Gasteiger partial charge >= 0.3 is 5.97 Å². The maximum atomic E-state index is 14.2. The molecule has 1 aliphatic heterocycles. The van der Waals surface area contributed by atoms with Crippen LogP contribution in [-0.4, -0.2) is 63.9 Å². The van der Waals surface area contributed by atoms with Gasteiger partial charge in [0.2, 0.25) is 17.7 Å². The minimum absolute atomic E-state index is 0.0489. The molecule has 2 aromatic carbocycles. The highest BCUT2D eigenvalue weighted by Crippen LogP contribution is 2.26. The van der Waals surface area contributed by atoms with E-state index in [1.54, 1.807) is 26.1 Å². The predicted molar refractivity (Wildman–Crippen MR) is 177 cm³/mol. The number of nitrogens with zero attached hydrogens (tertiary/aromatic N) is 1. The van der Waals surface area contributed by atoms with E-state index >= 15 is 0 Å². The lowest BCUT2D eigenvalue weighted by molar-refractivity contribution is -0.152. The fourth-order valence-corrected chi connectivity index (χ4v) is 6.16. The Labute approximate surface area is 270 Å². The van der Waals surface area contributed by atoms with Crippen molar-refractivity contribution in [3.63, 3.8) is 0 Å². The van der Waals surface area contributed by atoms with E-state index < -0.39 is 47.9 Å². The maximum absolute atomic E-state index is 14.2. The van der Waals surface area contributed by atoms with E-state index in [0.29, 0.717) is 18.4 Å². The number of carbonyl (C=O) groups excluding carboxylic acids is 4. The molecule has 0 fully saturated rings. The molecule has 1 aromatic heterocycles. The molecule has 4 N–H and O–H groups in total. The van der Waals surface area contributed by atoms with Crippen molar-refractivity contribution in [1.29, 1.82) is 0 Å². The summed E-state index contributed by atoms with van der Waals surface area (Å²) in [4.78, 5) is 59.1. The Kier molecular flexibility index (Phi) is 11.3. The van der Waals surface area contributed by atoms with Crippen LogP contribution in [-0.2, 0) is 30.3 Å². The van der Waals surface area contributed by atoms with Gasteiger partial charge in [-0.1, -0.05) is 62.8 Å². The monoisotopic (exact) mass is 630 g/mol. The molecule has 2 heterocycles. The van der Waals surface area contributed by atoms with Crippen molar-refractivity contribution < 1.29 is 29.0 Å². The average molecular weight is 631 g/mol. The number of para-hydroxylation sites is 1. The first kappa shape index (κ1) is 34.3. The summed E-state index contributed by atoms with van der Waals surface area (Å²) < 4.78 is 5.94. The maximum Gasteiger partial charge on any atom is 0.308 e. The molecule has 46 heavy (non-hydrogen) atoms. The number of fused-ring (bicyclic) bond motifs is 1. The second-order valence-corrected chi connectivity index (χ2v) is 12.5. The molecule has 3 aromatic rings. The first-order valence-corrected chi connectivity index (χ1v) is 16.0. The zero-order valence-corrected chi connectivity index (χ0v) is 27.5. The summed E-state index contributed by atoms with van der Waals surface area (Å²) in [5, 5.41) is 16.7. The number of aromatic hydroxyl groups is 1. The van der Waals surface area contributed by atoms with Crippen molar-refractivity contribution in [3.8, 4) is 5.75 Å². The third-order valence-electron chi connectivity index (χ3n) is 8.81. The molecule has 1 aliphatic rings. The quantitative estimate of drug-likeness (QED) is 0.238. The lowest BCUT2D eigenvalue weighted by Gasteiger charge is -2.32. The van der Waals surface area contributed by atoms with E-state index in [2.05, 4.69) is 15.6 Å². The molecule has 0 saturated carbocycles. The van der Waals surface area contributed by atoms with Gasteiger partial charge in [-0.2, -0.15) is 0 Å². The van der Waals surface area contributed by atoms with Crippen LogP contribution in [0.5, 0.6) is 5.75 Å². The zero-order valence-electron chi connectivity index (χ0n) is 27.5. The van der Waals surface area contributed by atoms with Crippen LogP contribution in [0.2, 0.25) is 0 Å². The molecule has 4 rings (SSSR count). The van der Waals surface area contributed by atoms with Gasteiger partial charge in [-0.3, -0.25) is 19.2 Å². The number of amides is 3. The summed E-state index contributed by atoms with van der Waals surface area (Å²) in [5.41, 5.74) is 3.32. The van der Waals surface area contributed by atoms with Gasteiger partial charge in [0.1, 0.15) is 23.9 Å². The van der Waals surface area contributed by atoms with Gasteiger partial charge in [-0.15, -0.1) is 0 Å². The van der Waals surface area contributed by atoms with E-state index in [9.17, 15) is 24.3 Å². The molecule has 1 unspecified atom stereocenters. The summed E-state index contributed by atoms with van der Waals surface area (Å²) in [5.74, 6) is -2.11. The molecule has 0 radical (unpaired) electrons. The first-order chi connectivity index (χ1) is 21.9. The van der Waals surface area contributed by atoms with E-state index in [1.165, 1.54) is 17.0 Å². The number of hydrogen-bond acceptors (Lipinski definition) is 6. The molecule has 0 bridgehead atoms. The number of likely N-dealkylation sites (N-methyl/N-ethyl adjacent to an activating group) is 1. The Bertz CT molecular complexity index is 1580. The number of phenolic OH excluding ortho intramolecular Hbond substituents is 1. The lowest BCUT2D eigenvalue weighted by atomic mass is 9.94. The van der Waals surface area contributed by atoms with Gasteiger partial charge in [-0.05, 0) is 56.0 Å². The molecule has 0 saturated heterocycles. The number of cyclic esters (lactones) is 1. The van der Waals surface area contributed by atoms with Gasteiger partial charge in [0.05, 0.1) is 12.5 Å². The Hall–Kier alpha value is -4.60. The number of esters is 1. The molecule has 246 valence electrons. The summed E-state index contributed by atoms with van der Waals surface area (Å²) in [6.07, 6.45) is 4.53. The van der Waals surface area contributed by atoms with Gasteiger partial charge in [0.15, 0.2) is 0 Å². The van der Waals surface area contributed by atoms with E-state index in [1.807, 2.05) is 64.2 Å². The highest BCUT2D eigenvalue weighted by atomic mass is 16.5. The highest BCUT2D eigenvalue weighted by molar-refractivity contribution is 5.93. The first-order valence-electron chi connectivity index (χ1n) is 16.0. The number of nitrogens with one attached hydrogen (secondary N) is 3. The number of aromatic nitrogens is 1. The summed E-state index contributed by atoms with van der Waals surface area (Å²) >= 11 is 0. The molecule has 0 spiro atoms. The number of phenols is 1. The number of ether oxygens (including phenoxy) is 1. The number of benzene rings is 2. The largest absolute Gasteiger partial charge is 0.508 e.